The fraction of sp³-hybridized carbons (Fsp3) is 1.00. The standard InChI is InChI=1S/C11H26N2O2/c1-10(5-6-12)13(7-8-14-3)11(2)9-15-4/h10-11H,5-9,12H2,1-4H3. The molecular weight excluding hydrogens is 192 g/mol. The molecule has 0 aromatic carbocycles. The molecule has 4 nitrogen and oxygen atoms in total. The first-order valence-electron chi connectivity index (χ1n) is 5.61. The number of ether oxygens (including phenoxy) is 2. The first kappa shape index (κ1) is 14.8. The highest BCUT2D eigenvalue weighted by molar-refractivity contribution is 4.73. The predicted octanol–water partition coefficient (Wildman–Crippen LogP) is 0.707. The van der Waals surface area contributed by atoms with E-state index in [9.17, 15) is 0 Å². The second kappa shape index (κ2) is 9.09. The minimum absolute atomic E-state index is 0.409. The maximum atomic E-state index is 5.58. The average Bonchev–Trinajstić information content (AvgIpc) is 2.19. The van der Waals surface area contributed by atoms with Crippen LogP contribution in [0.4, 0.5) is 0 Å². The third kappa shape index (κ3) is 6.10. The molecule has 0 radical (unpaired) electrons. The van der Waals surface area contributed by atoms with E-state index in [1.54, 1.807) is 14.2 Å². The van der Waals surface area contributed by atoms with E-state index < -0.39 is 0 Å². The third-order valence-corrected chi connectivity index (χ3v) is 2.68. The molecule has 0 aliphatic rings. The maximum absolute atomic E-state index is 5.58. The highest BCUT2D eigenvalue weighted by atomic mass is 16.5. The van der Waals surface area contributed by atoms with Gasteiger partial charge < -0.3 is 15.2 Å². The van der Waals surface area contributed by atoms with Crippen LogP contribution in [0.1, 0.15) is 20.3 Å². The van der Waals surface area contributed by atoms with Crippen molar-refractivity contribution in [3.8, 4) is 0 Å². The molecule has 0 fully saturated rings. The Morgan fingerprint density at radius 3 is 2.27 bits per heavy atom. The van der Waals surface area contributed by atoms with E-state index in [2.05, 4.69) is 18.7 Å². The molecule has 15 heavy (non-hydrogen) atoms. The van der Waals surface area contributed by atoms with E-state index in [0.29, 0.717) is 12.1 Å². The van der Waals surface area contributed by atoms with Gasteiger partial charge in [0.2, 0.25) is 0 Å². The lowest BCUT2D eigenvalue weighted by Gasteiger charge is -2.34. The monoisotopic (exact) mass is 218 g/mol. The minimum Gasteiger partial charge on any atom is -0.383 e. The fourth-order valence-corrected chi connectivity index (χ4v) is 1.82. The van der Waals surface area contributed by atoms with Gasteiger partial charge in [0.05, 0.1) is 13.2 Å². The van der Waals surface area contributed by atoms with Crippen molar-refractivity contribution in [3.05, 3.63) is 0 Å². The van der Waals surface area contributed by atoms with Crippen molar-refractivity contribution in [2.45, 2.75) is 32.4 Å². The molecule has 0 saturated heterocycles. The van der Waals surface area contributed by atoms with Gasteiger partial charge in [-0.15, -0.1) is 0 Å². The van der Waals surface area contributed by atoms with E-state index in [1.807, 2.05) is 0 Å². The molecule has 2 unspecified atom stereocenters. The van der Waals surface area contributed by atoms with Gasteiger partial charge in [0, 0.05) is 32.8 Å². The highest BCUT2D eigenvalue weighted by Gasteiger charge is 2.18. The summed E-state index contributed by atoms with van der Waals surface area (Å²) in [5, 5.41) is 0. The Balaban J connectivity index is 4.14. The molecule has 0 aliphatic carbocycles. The topological polar surface area (TPSA) is 47.7 Å². The summed E-state index contributed by atoms with van der Waals surface area (Å²) < 4.78 is 10.3. The Labute approximate surface area is 93.7 Å². The van der Waals surface area contributed by atoms with Crippen LogP contribution in [0.3, 0.4) is 0 Å². The van der Waals surface area contributed by atoms with Crippen LogP contribution in [0, 0.1) is 0 Å². The zero-order valence-corrected chi connectivity index (χ0v) is 10.5. The van der Waals surface area contributed by atoms with Crippen LogP contribution < -0.4 is 5.73 Å². The molecule has 0 rings (SSSR count). The molecule has 2 N–H and O–H groups in total. The first-order chi connectivity index (χ1) is 7.17. The predicted molar refractivity (Wildman–Crippen MR) is 63.1 cm³/mol. The van der Waals surface area contributed by atoms with Crippen LogP contribution >= 0.6 is 0 Å². The van der Waals surface area contributed by atoms with E-state index in [0.717, 1.165) is 32.7 Å². The smallest absolute Gasteiger partial charge is 0.0615 e. The number of hydrogen-bond acceptors (Lipinski definition) is 4. The lowest BCUT2D eigenvalue weighted by atomic mass is 10.1. The van der Waals surface area contributed by atoms with Gasteiger partial charge in [0.25, 0.3) is 0 Å². The average molecular weight is 218 g/mol. The molecule has 0 aliphatic heterocycles. The highest BCUT2D eigenvalue weighted by Crippen LogP contribution is 2.08. The molecule has 4 heteroatoms. The van der Waals surface area contributed by atoms with Gasteiger partial charge in [-0.25, -0.2) is 0 Å². The molecule has 0 saturated carbocycles. The van der Waals surface area contributed by atoms with Gasteiger partial charge in [0.15, 0.2) is 0 Å². The Hall–Kier alpha value is -0.160. The Kier molecular flexibility index (Phi) is 9.00. The zero-order chi connectivity index (χ0) is 11.7. The van der Waals surface area contributed by atoms with Crippen LogP contribution in [0.25, 0.3) is 0 Å². The number of hydrogen-bond donors (Lipinski definition) is 1. The van der Waals surface area contributed by atoms with Crippen LogP contribution in [-0.2, 0) is 9.47 Å². The summed E-state index contributed by atoms with van der Waals surface area (Å²) >= 11 is 0. The molecule has 0 heterocycles. The summed E-state index contributed by atoms with van der Waals surface area (Å²) in [5.74, 6) is 0. The normalized spacial score (nSPS) is 15.6. The van der Waals surface area contributed by atoms with Crippen molar-refractivity contribution in [2.24, 2.45) is 5.73 Å². The van der Waals surface area contributed by atoms with Crippen LogP contribution in [0.15, 0.2) is 0 Å². The number of methoxy groups -OCH3 is 2. The minimum atomic E-state index is 0.409. The van der Waals surface area contributed by atoms with Crippen molar-refractivity contribution >= 4 is 0 Å². The first-order valence-corrected chi connectivity index (χ1v) is 5.61. The molecular formula is C11H26N2O2. The van der Waals surface area contributed by atoms with E-state index >= 15 is 0 Å². The van der Waals surface area contributed by atoms with Gasteiger partial charge in [-0.05, 0) is 26.8 Å². The second-order valence-corrected chi connectivity index (χ2v) is 3.96. The van der Waals surface area contributed by atoms with Crippen molar-refractivity contribution in [2.75, 3.05) is 40.5 Å². The Morgan fingerprint density at radius 1 is 1.13 bits per heavy atom. The van der Waals surface area contributed by atoms with Gasteiger partial charge in [-0.3, -0.25) is 4.90 Å². The van der Waals surface area contributed by atoms with Crippen LogP contribution in [0.5, 0.6) is 0 Å². The summed E-state index contributed by atoms with van der Waals surface area (Å²) in [6, 6.07) is 0.891. The maximum Gasteiger partial charge on any atom is 0.0615 e. The zero-order valence-electron chi connectivity index (χ0n) is 10.5. The van der Waals surface area contributed by atoms with Gasteiger partial charge in [-0.1, -0.05) is 0 Å². The summed E-state index contributed by atoms with van der Waals surface area (Å²) in [6.07, 6.45) is 1.01. The molecule has 2 atom stereocenters. The summed E-state index contributed by atoms with van der Waals surface area (Å²) in [6.45, 7) is 7.54. The molecule has 0 aromatic heterocycles. The summed E-state index contributed by atoms with van der Waals surface area (Å²) in [7, 11) is 3.46. The van der Waals surface area contributed by atoms with E-state index in [-0.39, 0.29) is 0 Å². The second-order valence-electron chi connectivity index (χ2n) is 3.96. The van der Waals surface area contributed by atoms with Crippen molar-refractivity contribution in [3.63, 3.8) is 0 Å². The fourth-order valence-electron chi connectivity index (χ4n) is 1.82. The largest absolute Gasteiger partial charge is 0.383 e. The lowest BCUT2D eigenvalue weighted by Crippen LogP contribution is -2.45. The van der Waals surface area contributed by atoms with Gasteiger partial charge in [-0.2, -0.15) is 0 Å². The molecule has 0 amide bonds. The van der Waals surface area contributed by atoms with Crippen molar-refractivity contribution < 1.29 is 9.47 Å². The Bertz CT molecular complexity index is 133. The third-order valence-electron chi connectivity index (χ3n) is 2.68. The van der Waals surface area contributed by atoms with Crippen molar-refractivity contribution in [1.82, 2.24) is 4.90 Å². The number of nitrogens with two attached hydrogens (primary N) is 1. The van der Waals surface area contributed by atoms with Crippen LogP contribution in [0.2, 0.25) is 0 Å². The Morgan fingerprint density at radius 2 is 1.80 bits per heavy atom. The summed E-state index contributed by atoms with van der Waals surface area (Å²) in [4.78, 5) is 2.39. The molecule has 0 aromatic rings. The van der Waals surface area contributed by atoms with E-state index in [4.69, 9.17) is 15.2 Å². The van der Waals surface area contributed by atoms with Crippen LogP contribution in [-0.4, -0.2) is 57.5 Å². The summed E-state index contributed by atoms with van der Waals surface area (Å²) in [5.41, 5.74) is 5.58. The van der Waals surface area contributed by atoms with Gasteiger partial charge in [0.1, 0.15) is 0 Å². The molecule has 0 spiro atoms. The quantitative estimate of drug-likeness (QED) is 0.619. The number of nitrogens with zero attached hydrogens (tertiary/aromatic N) is 1. The van der Waals surface area contributed by atoms with Gasteiger partial charge >= 0.3 is 0 Å². The van der Waals surface area contributed by atoms with E-state index in [1.165, 1.54) is 0 Å². The lowest BCUT2D eigenvalue weighted by molar-refractivity contribution is 0.0501. The van der Waals surface area contributed by atoms with Crippen molar-refractivity contribution in [1.29, 1.82) is 0 Å². The number of rotatable bonds is 9. The molecule has 92 valence electrons. The molecule has 0 bridgehead atoms. The SMILES string of the molecule is COCCN(C(C)CCN)C(C)COC.